The molecule has 0 unspecified atom stereocenters. The number of benzene rings is 1. The number of hydrogen-bond donors (Lipinski definition) is 2. The summed E-state index contributed by atoms with van der Waals surface area (Å²) in [5.74, 6) is -0.657. The van der Waals surface area contributed by atoms with E-state index < -0.39 is 5.91 Å². The molecule has 0 atom stereocenters. The zero-order valence-electron chi connectivity index (χ0n) is 8.90. The van der Waals surface area contributed by atoms with E-state index in [4.69, 9.17) is 5.73 Å². The highest BCUT2D eigenvalue weighted by molar-refractivity contribution is 5.85. The van der Waals surface area contributed by atoms with Gasteiger partial charge in [0.05, 0.1) is 6.54 Å². The molecule has 0 saturated heterocycles. The first-order valence-electron chi connectivity index (χ1n) is 5.29. The van der Waals surface area contributed by atoms with Gasteiger partial charge >= 0.3 is 0 Å². The van der Waals surface area contributed by atoms with E-state index in [0.29, 0.717) is 0 Å². The van der Waals surface area contributed by atoms with Gasteiger partial charge < -0.3 is 11.1 Å². The minimum absolute atomic E-state index is 0.0586. The predicted molar refractivity (Wildman–Crippen MR) is 59.5 cm³/mol. The number of hydrogen-bond acceptors (Lipinski definition) is 2. The molecule has 1 aliphatic rings. The van der Waals surface area contributed by atoms with Crippen LogP contribution in [-0.2, 0) is 22.4 Å². The van der Waals surface area contributed by atoms with E-state index in [9.17, 15) is 9.59 Å². The fraction of sp³-hybridized carbons (Fsp3) is 0.333. The number of primary amides is 1. The summed E-state index contributed by atoms with van der Waals surface area (Å²) < 4.78 is 0. The van der Waals surface area contributed by atoms with Crippen LogP contribution in [0.1, 0.15) is 11.1 Å². The third kappa shape index (κ3) is 2.21. The van der Waals surface area contributed by atoms with Gasteiger partial charge in [-0.2, -0.15) is 0 Å². The second kappa shape index (κ2) is 4.35. The largest absolute Gasteiger partial charge is 0.368 e. The highest BCUT2D eigenvalue weighted by Crippen LogP contribution is 2.26. The lowest BCUT2D eigenvalue weighted by atomic mass is 10.1. The SMILES string of the molecule is NC(=O)CNC(=O)C1Cc2ccccc2C1. The van der Waals surface area contributed by atoms with Crippen LogP contribution < -0.4 is 11.1 Å². The lowest BCUT2D eigenvalue weighted by Gasteiger charge is -2.08. The molecule has 0 bridgehead atoms. The van der Waals surface area contributed by atoms with Crippen molar-refractivity contribution in [3.63, 3.8) is 0 Å². The van der Waals surface area contributed by atoms with Gasteiger partial charge in [-0.1, -0.05) is 24.3 Å². The average Bonchev–Trinajstić information content (AvgIpc) is 2.69. The van der Waals surface area contributed by atoms with Crippen molar-refractivity contribution in [2.24, 2.45) is 11.7 Å². The molecule has 0 heterocycles. The molecule has 1 aromatic rings. The van der Waals surface area contributed by atoms with Crippen molar-refractivity contribution in [1.29, 1.82) is 0 Å². The van der Waals surface area contributed by atoms with E-state index >= 15 is 0 Å². The highest BCUT2D eigenvalue weighted by atomic mass is 16.2. The molecule has 4 nitrogen and oxygen atoms in total. The molecule has 3 N–H and O–H groups in total. The van der Waals surface area contributed by atoms with E-state index in [2.05, 4.69) is 5.32 Å². The summed E-state index contributed by atoms with van der Waals surface area (Å²) in [5.41, 5.74) is 7.42. The zero-order chi connectivity index (χ0) is 11.5. The maximum Gasteiger partial charge on any atom is 0.236 e. The normalized spacial score (nSPS) is 14.5. The molecular formula is C12H14N2O2. The quantitative estimate of drug-likeness (QED) is 0.749. The fourth-order valence-electron chi connectivity index (χ4n) is 2.06. The fourth-order valence-corrected chi connectivity index (χ4v) is 2.06. The van der Waals surface area contributed by atoms with E-state index in [0.717, 1.165) is 12.8 Å². The average molecular weight is 218 g/mol. The first-order valence-corrected chi connectivity index (χ1v) is 5.29. The maximum atomic E-state index is 11.7. The second-order valence-electron chi connectivity index (χ2n) is 4.06. The minimum atomic E-state index is -0.510. The van der Waals surface area contributed by atoms with Crippen LogP contribution in [0.5, 0.6) is 0 Å². The summed E-state index contributed by atoms with van der Waals surface area (Å²) in [4.78, 5) is 22.2. The van der Waals surface area contributed by atoms with Crippen molar-refractivity contribution >= 4 is 11.8 Å². The molecule has 0 saturated carbocycles. The van der Waals surface area contributed by atoms with Gasteiger partial charge in [0.2, 0.25) is 11.8 Å². The first kappa shape index (κ1) is 10.7. The lowest BCUT2D eigenvalue weighted by Crippen LogP contribution is -2.37. The molecule has 0 aromatic heterocycles. The van der Waals surface area contributed by atoms with Crippen molar-refractivity contribution < 1.29 is 9.59 Å². The Morgan fingerprint density at radius 2 is 1.81 bits per heavy atom. The van der Waals surface area contributed by atoms with Gasteiger partial charge in [-0.25, -0.2) is 0 Å². The molecule has 84 valence electrons. The Morgan fingerprint density at radius 1 is 1.25 bits per heavy atom. The summed E-state index contributed by atoms with van der Waals surface area (Å²) in [6.45, 7) is -0.0777. The molecule has 2 rings (SSSR count). The molecule has 0 radical (unpaired) electrons. The van der Waals surface area contributed by atoms with Gasteiger partial charge in [-0.05, 0) is 24.0 Å². The third-order valence-electron chi connectivity index (χ3n) is 2.86. The summed E-state index contributed by atoms with van der Waals surface area (Å²) in [6, 6.07) is 8.03. The Labute approximate surface area is 93.8 Å². The van der Waals surface area contributed by atoms with Crippen LogP contribution in [0.3, 0.4) is 0 Å². The van der Waals surface area contributed by atoms with Gasteiger partial charge in [-0.15, -0.1) is 0 Å². The molecule has 1 aromatic carbocycles. The van der Waals surface area contributed by atoms with Crippen LogP contribution in [0.4, 0.5) is 0 Å². The Hall–Kier alpha value is -1.84. The first-order chi connectivity index (χ1) is 7.66. The van der Waals surface area contributed by atoms with Crippen molar-refractivity contribution in [3.8, 4) is 0 Å². The maximum absolute atomic E-state index is 11.7. The number of carbonyl (C=O) groups excluding carboxylic acids is 2. The van der Waals surface area contributed by atoms with Crippen LogP contribution in [-0.4, -0.2) is 18.4 Å². The van der Waals surface area contributed by atoms with E-state index in [1.165, 1.54) is 11.1 Å². The van der Waals surface area contributed by atoms with Crippen molar-refractivity contribution in [2.75, 3.05) is 6.54 Å². The van der Waals surface area contributed by atoms with E-state index in [-0.39, 0.29) is 18.4 Å². The summed E-state index contributed by atoms with van der Waals surface area (Å²) in [5, 5.41) is 2.55. The van der Waals surface area contributed by atoms with Crippen LogP contribution in [0.25, 0.3) is 0 Å². The molecule has 0 fully saturated rings. The molecular weight excluding hydrogens is 204 g/mol. The minimum Gasteiger partial charge on any atom is -0.368 e. The Bertz CT molecular complexity index is 404. The number of nitrogens with two attached hydrogens (primary N) is 1. The molecule has 0 aliphatic heterocycles. The number of fused-ring (bicyclic) bond motifs is 1. The molecule has 0 spiro atoms. The number of rotatable bonds is 3. The van der Waals surface area contributed by atoms with Crippen LogP contribution >= 0.6 is 0 Å². The Morgan fingerprint density at radius 3 is 2.31 bits per heavy atom. The van der Waals surface area contributed by atoms with Gasteiger partial charge in [0.25, 0.3) is 0 Å². The van der Waals surface area contributed by atoms with Gasteiger partial charge in [0.1, 0.15) is 0 Å². The predicted octanol–water partition coefficient (Wildman–Crippen LogP) is 0.00290. The third-order valence-corrected chi connectivity index (χ3v) is 2.86. The summed E-state index contributed by atoms with van der Waals surface area (Å²) in [6.07, 6.45) is 1.50. The second-order valence-corrected chi connectivity index (χ2v) is 4.06. The Balaban J connectivity index is 1.96. The van der Waals surface area contributed by atoms with Crippen molar-refractivity contribution in [1.82, 2.24) is 5.32 Å². The molecule has 16 heavy (non-hydrogen) atoms. The molecule has 4 heteroatoms. The monoisotopic (exact) mass is 218 g/mol. The van der Waals surface area contributed by atoms with Crippen molar-refractivity contribution in [3.05, 3.63) is 35.4 Å². The van der Waals surface area contributed by atoms with Crippen LogP contribution in [0, 0.1) is 5.92 Å². The number of nitrogens with one attached hydrogen (secondary N) is 1. The smallest absolute Gasteiger partial charge is 0.236 e. The topological polar surface area (TPSA) is 72.2 Å². The standard InChI is InChI=1S/C12H14N2O2/c13-11(15)7-14-12(16)10-5-8-3-1-2-4-9(8)6-10/h1-4,10H,5-7H2,(H2,13,15)(H,14,16). The van der Waals surface area contributed by atoms with Gasteiger partial charge in [0, 0.05) is 5.92 Å². The molecule has 1 aliphatic carbocycles. The van der Waals surface area contributed by atoms with Crippen LogP contribution in [0.15, 0.2) is 24.3 Å². The number of carbonyl (C=O) groups is 2. The van der Waals surface area contributed by atoms with Crippen molar-refractivity contribution in [2.45, 2.75) is 12.8 Å². The zero-order valence-corrected chi connectivity index (χ0v) is 8.90. The Kier molecular flexibility index (Phi) is 2.90. The molecule has 2 amide bonds. The number of amides is 2. The summed E-state index contributed by atoms with van der Waals surface area (Å²) in [7, 11) is 0. The lowest BCUT2D eigenvalue weighted by molar-refractivity contribution is -0.127. The van der Waals surface area contributed by atoms with Gasteiger partial charge in [0.15, 0.2) is 0 Å². The van der Waals surface area contributed by atoms with Crippen LogP contribution in [0.2, 0.25) is 0 Å². The summed E-state index contributed by atoms with van der Waals surface area (Å²) >= 11 is 0. The van der Waals surface area contributed by atoms with E-state index in [1.54, 1.807) is 0 Å². The highest BCUT2D eigenvalue weighted by Gasteiger charge is 2.26. The van der Waals surface area contributed by atoms with E-state index in [1.807, 2.05) is 24.3 Å². The van der Waals surface area contributed by atoms with Gasteiger partial charge in [-0.3, -0.25) is 9.59 Å².